The Morgan fingerprint density at radius 2 is 1.78 bits per heavy atom. The summed E-state index contributed by atoms with van der Waals surface area (Å²) >= 11 is 0. The van der Waals surface area contributed by atoms with Gasteiger partial charge < -0.3 is 9.73 Å². The van der Waals surface area contributed by atoms with Gasteiger partial charge in [0.25, 0.3) is 11.6 Å². The normalized spacial score (nSPS) is 10.9. The lowest BCUT2D eigenvalue weighted by molar-refractivity contribution is -0.383. The average molecular weight is 359 g/mol. The molecule has 0 bridgehead atoms. The van der Waals surface area contributed by atoms with E-state index >= 15 is 0 Å². The van der Waals surface area contributed by atoms with E-state index in [1.807, 2.05) is 30.3 Å². The molecule has 3 aromatic rings. The molecule has 27 heavy (non-hydrogen) atoms. The number of rotatable bonds is 5. The fourth-order valence-electron chi connectivity index (χ4n) is 2.41. The molecular weight excluding hydrogens is 346 g/mol. The number of amides is 1. The van der Waals surface area contributed by atoms with E-state index in [0.29, 0.717) is 11.5 Å². The molecule has 0 aliphatic rings. The Morgan fingerprint density at radius 1 is 1.07 bits per heavy atom. The van der Waals surface area contributed by atoms with Crippen LogP contribution < -0.4 is 5.32 Å². The van der Waals surface area contributed by atoms with Gasteiger partial charge >= 0.3 is 0 Å². The number of nitriles is 1. The molecule has 1 N–H and O–H groups in total. The van der Waals surface area contributed by atoms with Crippen LogP contribution in [0.5, 0.6) is 0 Å². The minimum Gasteiger partial charge on any atom is -0.457 e. The predicted octanol–water partition coefficient (Wildman–Crippen LogP) is 4.40. The van der Waals surface area contributed by atoms with Crippen LogP contribution in [-0.4, -0.2) is 10.8 Å². The van der Waals surface area contributed by atoms with Gasteiger partial charge in [-0.05, 0) is 18.2 Å². The molecule has 1 heterocycles. The van der Waals surface area contributed by atoms with E-state index in [1.165, 1.54) is 24.3 Å². The molecule has 3 rings (SSSR count). The second-order valence-corrected chi connectivity index (χ2v) is 5.47. The smallest absolute Gasteiger partial charge is 0.292 e. The predicted molar refractivity (Wildman–Crippen MR) is 99.5 cm³/mol. The van der Waals surface area contributed by atoms with E-state index in [0.717, 1.165) is 5.56 Å². The van der Waals surface area contributed by atoms with Crippen LogP contribution in [0.25, 0.3) is 17.4 Å². The number of para-hydroxylation sites is 2. The van der Waals surface area contributed by atoms with Gasteiger partial charge in [0.15, 0.2) is 0 Å². The summed E-state index contributed by atoms with van der Waals surface area (Å²) in [5.74, 6) is 0.158. The third-order valence-electron chi connectivity index (χ3n) is 3.69. The van der Waals surface area contributed by atoms with Crippen molar-refractivity contribution < 1.29 is 14.1 Å². The highest BCUT2D eigenvalue weighted by molar-refractivity contribution is 6.10. The monoisotopic (exact) mass is 359 g/mol. The quantitative estimate of drug-likeness (QED) is 0.314. The molecule has 0 spiro atoms. The Bertz CT molecular complexity index is 1060. The van der Waals surface area contributed by atoms with Crippen LogP contribution in [0.3, 0.4) is 0 Å². The molecular formula is C20H13N3O4. The van der Waals surface area contributed by atoms with Gasteiger partial charge in [-0.3, -0.25) is 14.9 Å². The molecule has 2 aromatic carbocycles. The van der Waals surface area contributed by atoms with E-state index in [1.54, 1.807) is 24.3 Å². The molecule has 0 radical (unpaired) electrons. The number of carbonyl (C=O) groups is 1. The summed E-state index contributed by atoms with van der Waals surface area (Å²) < 4.78 is 5.65. The second-order valence-electron chi connectivity index (χ2n) is 5.47. The van der Waals surface area contributed by atoms with Gasteiger partial charge in [0, 0.05) is 17.7 Å². The van der Waals surface area contributed by atoms with Crippen LogP contribution in [-0.2, 0) is 4.79 Å². The Labute approximate surface area is 154 Å². The van der Waals surface area contributed by atoms with Gasteiger partial charge in [0.2, 0.25) is 0 Å². The minimum absolute atomic E-state index is 0.0121. The first-order chi connectivity index (χ1) is 13.1. The van der Waals surface area contributed by atoms with Gasteiger partial charge in [0.1, 0.15) is 28.9 Å². The number of nitrogens with one attached hydrogen (secondary N) is 1. The molecule has 0 saturated carbocycles. The Balaban J connectivity index is 1.83. The summed E-state index contributed by atoms with van der Waals surface area (Å²) in [5, 5.41) is 22.7. The highest BCUT2D eigenvalue weighted by Gasteiger charge is 2.17. The maximum Gasteiger partial charge on any atom is 0.292 e. The number of furan rings is 1. The number of nitro benzene ring substituents is 1. The van der Waals surface area contributed by atoms with Crippen LogP contribution in [0.2, 0.25) is 0 Å². The molecule has 7 heteroatoms. The van der Waals surface area contributed by atoms with E-state index < -0.39 is 10.8 Å². The maximum atomic E-state index is 12.3. The van der Waals surface area contributed by atoms with Crippen LogP contribution in [0.1, 0.15) is 5.76 Å². The Kier molecular flexibility index (Phi) is 5.10. The highest BCUT2D eigenvalue weighted by Crippen LogP contribution is 2.25. The molecule has 1 aromatic heterocycles. The largest absolute Gasteiger partial charge is 0.457 e. The van der Waals surface area contributed by atoms with Crippen molar-refractivity contribution in [2.45, 2.75) is 0 Å². The number of nitro groups is 1. The lowest BCUT2D eigenvalue weighted by Crippen LogP contribution is -2.14. The summed E-state index contributed by atoms with van der Waals surface area (Å²) in [4.78, 5) is 22.8. The van der Waals surface area contributed by atoms with Gasteiger partial charge in [-0.15, -0.1) is 0 Å². The molecule has 7 nitrogen and oxygen atoms in total. The average Bonchev–Trinajstić information content (AvgIpc) is 3.15. The standard InChI is InChI=1S/C20H13N3O4/c21-13-15(20(24)22-17-8-4-5-9-18(17)23(25)26)12-16-10-11-19(27-16)14-6-2-1-3-7-14/h1-12H,(H,22,24)/b15-12+. The summed E-state index contributed by atoms with van der Waals surface area (Å²) in [6.45, 7) is 0. The number of anilines is 1. The molecule has 1 amide bonds. The van der Waals surface area contributed by atoms with Crippen molar-refractivity contribution >= 4 is 23.4 Å². The topological polar surface area (TPSA) is 109 Å². The van der Waals surface area contributed by atoms with E-state index in [9.17, 15) is 20.2 Å². The third-order valence-corrected chi connectivity index (χ3v) is 3.69. The van der Waals surface area contributed by atoms with Gasteiger partial charge in [-0.25, -0.2) is 0 Å². The number of carbonyl (C=O) groups excluding carboxylic acids is 1. The number of benzene rings is 2. The number of nitrogens with zero attached hydrogens (tertiary/aromatic N) is 2. The summed E-state index contributed by atoms with van der Waals surface area (Å²) in [7, 11) is 0. The first kappa shape index (κ1) is 17.6. The van der Waals surface area contributed by atoms with E-state index in [4.69, 9.17) is 4.42 Å². The van der Waals surface area contributed by atoms with Crippen LogP contribution in [0.4, 0.5) is 11.4 Å². The zero-order valence-corrected chi connectivity index (χ0v) is 14.0. The maximum absolute atomic E-state index is 12.3. The first-order valence-electron chi connectivity index (χ1n) is 7.90. The minimum atomic E-state index is -0.760. The Hall–Kier alpha value is -4.18. The molecule has 0 atom stereocenters. The third kappa shape index (κ3) is 4.08. The fraction of sp³-hybridized carbons (Fsp3) is 0. The van der Waals surface area contributed by atoms with Gasteiger partial charge in [-0.2, -0.15) is 5.26 Å². The molecule has 132 valence electrons. The SMILES string of the molecule is N#C/C(=C\c1ccc(-c2ccccc2)o1)C(=O)Nc1ccccc1[N+](=O)[O-]. The van der Waals surface area contributed by atoms with E-state index in [2.05, 4.69) is 5.32 Å². The fourth-order valence-corrected chi connectivity index (χ4v) is 2.41. The van der Waals surface area contributed by atoms with Crippen molar-refractivity contribution in [1.82, 2.24) is 0 Å². The summed E-state index contributed by atoms with van der Waals surface area (Å²) in [6, 6.07) is 20.2. The van der Waals surface area contributed by atoms with Crippen molar-refractivity contribution in [1.29, 1.82) is 5.26 Å². The lowest BCUT2D eigenvalue weighted by Gasteiger charge is -2.04. The number of hydrogen-bond acceptors (Lipinski definition) is 5. The van der Waals surface area contributed by atoms with Crippen molar-refractivity contribution in [3.05, 3.63) is 88.2 Å². The van der Waals surface area contributed by atoms with Crippen molar-refractivity contribution in [2.24, 2.45) is 0 Å². The molecule has 0 aliphatic carbocycles. The van der Waals surface area contributed by atoms with E-state index in [-0.39, 0.29) is 16.9 Å². The highest BCUT2D eigenvalue weighted by atomic mass is 16.6. The molecule has 0 fully saturated rings. The zero-order valence-electron chi connectivity index (χ0n) is 14.0. The van der Waals surface area contributed by atoms with Crippen molar-refractivity contribution in [2.75, 3.05) is 5.32 Å². The molecule has 0 unspecified atom stereocenters. The van der Waals surface area contributed by atoms with Crippen molar-refractivity contribution in [3.8, 4) is 17.4 Å². The van der Waals surface area contributed by atoms with Crippen LogP contribution in [0, 0.1) is 21.4 Å². The van der Waals surface area contributed by atoms with Gasteiger partial charge in [-0.1, -0.05) is 42.5 Å². The summed E-state index contributed by atoms with van der Waals surface area (Å²) in [5.41, 5.74) is 0.382. The zero-order chi connectivity index (χ0) is 19.2. The van der Waals surface area contributed by atoms with Crippen LogP contribution in [0.15, 0.2) is 76.7 Å². The molecule has 0 aliphatic heterocycles. The molecule has 0 saturated heterocycles. The number of hydrogen-bond donors (Lipinski definition) is 1. The lowest BCUT2D eigenvalue weighted by atomic mass is 10.2. The summed E-state index contributed by atoms with van der Waals surface area (Å²) in [6.07, 6.45) is 1.29. The second kappa shape index (κ2) is 7.80. The Morgan fingerprint density at radius 3 is 2.48 bits per heavy atom. The van der Waals surface area contributed by atoms with Gasteiger partial charge in [0.05, 0.1) is 4.92 Å². The van der Waals surface area contributed by atoms with Crippen molar-refractivity contribution in [3.63, 3.8) is 0 Å². The first-order valence-corrected chi connectivity index (χ1v) is 7.90. The van der Waals surface area contributed by atoms with Crippen LogP contribution >= 0.6 is 0 Å².